The number of benzene rings is 1. The summed E-state index contributed by atoms with van der Waals surface area (Å²) in [6, 6.07) is 3.88. The summed E-state index contributed by atoms with van der Waals surface area (Å²) in [5.74, 6) is 0.618. The third-order valence-corrected chi connectivity index (χ3v) is 2.69. The van der Waals surface area contributed by atoms with Gasteiger partial charge in [0.1, 0.15) is 5.82 Å². The molecule has 0 saturated heterocycles. The largest absolute Gasteiger partial charge is 0.383 e. The van der Waals surface area contributed by atoms with Crippen molar-refractivity contribution in [2.24, 2.45) is 0 Å². The summed E-state index contributed by atoms with van der Waals surface area (Å²) in [6.45, 7) is 1.96. The number of anilines is 2. The molecule has 0 spiro atoms. The van der Waals surface area contributed by atoms with Gasteiger partial charge >= 0.3 is 0 Å². The fraction of sp³-hybridized carbons (Fsp3) is 0.111. The van der Waals surface area contributed by atoms with Crippen LogP contribution in [0.4, 0.5) is 11.8 Å². The van der Waals surface area contributed by atoms with E-state index in [2.05, 4.69) is 25.9 Å². The number of aryl methyl sites for hydroxylation is 1. The number of halogens is 1. The van der Waals surface area contributed by atoms with Crippen molar-refractivity contribution >= 4 is 38.6 Å². The number of nitrogens with zero attached hydrogens (tertiary/aromatic N) is 2. The lowest BCUT2D eigenvalue weighted by Crippen LogP contribution is -2.01. The van der Waals surface area contributed by atoms with Crippen molar-refractivity contribution in [1.82, 2.24) is 9.97 Å². The molecule has 0 fully saturated rings. The van der Waals surface area contributed by atoms with Gasteiger partial charge < -0.3 is 11.5 Å². The van der Waals surface area contributed by atoms with Gasteiger partial charge in [0.25, 0.3) is 0 Å². The molecular weight excluding hydrogens is 244 g/mol. The van der Waals surface area contributed by atoms with E-state index in [-0.39, 0.29) is 5.95 Å². The molecule has 0 aliphatic rings. The van der Waals surface area contributed by atoms with Crippen LogP contribution in [-0.2, 0) is 0 Å². The average molecular weight is 253 g/mol. The lowest BCUT2D eigenvalue weighted by molar-refractivity contribution is 1.23. The number of aromatic nitrogens is 2. The van der Waals surface area contributed by atoms with E-state index in [1.807, 2.05) is 19.1 Å². The predicted molar refractivity (Wildman–Crippen MR) is 60.8 cm³/mol. The highest BCUT2D eigenvalue weighted by Crippen LogP contribution is 2.28. The number of fused-ring (bicyclic) bond motifs is 1. The summed E-state index contributed by atoms with van der Waals surface area (Å²) in [7, 11) is 0. The number of rotatable bonds is 0. The van der Waals surface area contributed by atoms with Crippen LogP contribution in [0.2, 0.25) is 0 Å². The van der Waals surface area contributed by atoms with Crippen LogP contribution in [0.25, 0.3) is 10.9 Å². The first-order chi connectivity index (χ1) is 6.59. The minimum atomic E-state index is 0.196. The highest BCUT2D eigenvalue weighted by molar-refractivity contribution is 9.10. The van der Waals surface area contributed by atoms with E-state index >= 15 is 0 Å². The molecule has 5 heteroatoms. The number of hydrogen-bond acceptors (Lipinski definition) is 4. The van der Waals surface area contributed by atoms with Gasteiger partial charge in [0.15, 0.2) is 0 Å². The number of hydrogen-bond donors (Lipinski definition) is 2. The van der Waals surface area contributed by atoms with Crippen LogP contribution in [0.5, 0.6) is 0 Å². The maximum atomic E-state index is 5.77. The van der Waals surface area contributed by atoms with Gasteiger partial charge in [-0.25, -0.2) is 4.98 Å². The molecule has 14 heavy (non-hydrogen) atoms. The van der Waals surface area contributed by atoms with Gasteiger partial charge in [-0.1, -0.05) is 6.07 Å². The van der Waals surface area contributed by atoms with Crippen molar-refractivity contribution in [2.75, 3.05) is 11.5 Å². The third-order valence-electron chi connectivity index (χ3n) is 2.05. The second-order valence-electron chi connectivity index (χ2n) is 3.05. The molecular formula is C9H9BrN4. The molecule has 1 aromatic carbocycles. The maximum absolute atomic E-state index is 5.77. The second kappa shape index (κ2) is 3.09. The monoisotopic (exact) mass is 252 g/mol. The molecule has 0 saturated carbocycles. The number of nitrogens with two attached hydrogens (primary N) is 2. The molecule has 0 unspecified atom stereocenters. The molecule has 2 rings (SSSR count). The zero-order valence-corrected chi connectivity index (χ0v) is 9.17. The minimum absolute atomic E-state index is 0.196. The highest BCUT2D eigenvalue weighted by Gasteiger charge is 2.08. The molecule has 0 aliphatic heterocycles. The summed E-state index contributed by atoms with van der Waals surface area (Å²) < 4.78 is 0.874. The molecule has 72 valence electrons. The standard InChI is InChI=1S/C9H9BrN4/c1-4-2-3-5(10)7-6(4)8(11)14-9(12)13-7/h2-3H,1H3,(H4,11,12,13,14). The lowest BCUT2D eigenvalue weighted by atomic mass is 10.1. The fourth-order valence-corrected chi connectivity index (χ4v) is 1.84. The molecule has 1 aromatic heterocycles. The van der Waals surface area contributed by atoms with E-state index in [9.17, 15) is 0 Å². The second-order valence-corrected chi connectivity index (χ2v) is 3.91. The van der Waals surface area contributed by atoms with Crippen molar-refractivity contribution in [3.63, 3.8) is 0 Å². The summed E-state index contributed by atoms with van der Waals surface area (Å²) in [6.07, 6.45) is 0. The maximum Gasteiger partial charge on any atom is 0.222 e. The zero-order valence-electron chi connectivity index (χ0n) is 7.58. The first kappa shape index (κ1) is 9.21. The Balaban J connectivity index is 3.00. The van der Waals surface area contributed by atoms with Crippen LogP contribution in [0.15, 0.2) is 16.6 Å². The molecule has 0 radical (unpaired) electrons. The van der Waals surface area contributed by atoms with E-state index in [0.717, 1.165) is 20.9 Å². The summed E-state index contributed by atoms with van der Waals surface area (Å²) in [5.41, 5.74) is 13.1. The Morgan fingerprint density at radius 2 is 1.93 bits per heavy atom. The fourth-order valence-electron chi connectivity index (χ4n) is 1.42. The summed E-state index contributed by atoms with van der Waals surface area (Å²) in [5, 5.41) is 0.855. The molecule has 2 aromatic rings. The molecule has 1 heterocycles. The SMILES string of the molecule is Cc1ccc(Br)c2nc(N)nc(N)c12. The number of nitrogen functional groups attached to an aromatic ring is 2. The topological polar surface area (TPSA) is 77.8 Å². The van der Waals surface area contributed by atoms with Gasteiger partial charge in [0, 0.05) is 9.86 Å². The van der Waals surface area contributed by atoms with Gasteiger partial charge in [-0.2, -0.15) is 4.98 Å². The van der Waals surface area contributed by atoms with Gasteiger partial charge in [-0.05, 0) is 34.5 Å². The predicted octanol–water partition coefficient (Wildman–Crippen LogP) is 1.87. The average Bonchev–Trinajstić information content (AvgIpc) is 2.10. The first-order valence-electron chi connectivity index (χ1n) is 4.07. The van der Waals surface area contributed by atoms with Crippen LogP contribution in [0.1, 0.15) is 5.56 Å². The molecule has 4 N–H and O–H groups in total. The molecule has 0 bridgehead atoms. The Morgan fingerprint density at radius 1 is 1.21 bits per heavy atom. The van der Waals surface area contributed by atoms with E-state index in [0.29, 0.717) is 5.82 Å². The first-order valence-corrected chi connectivity index (χ1v) is 4.86. The van der Waals surface area contributed by atoms with Gasteiger partial charge in [0.2, 0.25) is 5.95 Å². The Bertz CT molecular complexity index is 510. The highest BCUT2D eigenvalue weighted by atomic mass is 79.9. The Hall–Kier alpha value is -1.36. The van der Waals surface area contributed by atoms with Crippen LogP contribution >= 0.6 is 15.9 Å². The van der Waals surface area contributed by atoms with Crippen LogP contribution < -0.4 is 11.5 Å². The van der Waals surface area contributed by atoms with Crippen LogP contribution in [-0.4, -0.2) is 9.97 Å². The molecule has 0 amide bonds. The Kier molecular flexibility index (Phi) is 2.03. The van der Waals surface area contributed by atoms with Crippen molar-refractivity contribution in [2.45, 2.75) is 6.92 Å². The smallest absolute Gasteiger partial charge is 0.222 e. The Morgan fingerprint density at radius 3 is 2.64 bits per heavy atom. The van der Waals surface area contributed by atoms with Gasteiger partial charge in [0.05, 0.1) is 5.52 Å². The summed E-state index contributed by atoms with van der Waals surface area (Å²) >= 11 is 3.40. The van der Waals surface area contributed by atoms with Crippen molar-refractivity contribution < 1.29 is 0 Å². The van der Waals surface area contributed by atoms with Crippen LogP contribution in [0, 0.1) is 6.92 Å². The zero-order chi connectivity index (χ0) is 10.3. The van der Waals surface area contributed by atoms with Crippen molar-refractivity contribution in [3.05, 3.63) is 22.2 Å². The third kappa shape index (κ3) is 1.29. The van der Waals surface area contributed by atoms with E-state index < -0.39 is 0 Å². The van der Waals surface area contributed by atoms with Crippen molar-refractivity contribution in [1.29, 1.82) is 0 Å². The minimum Gasteiger partial charge on any atom is -0.383 e. The van der Waals surface area contributed by atoms with Crippen molar-refractivity contribution in [3.8, 4) is 0 Å². The lowest BCUT2D eigenvalue weighted by Gasteiger charge is -2.06. The van der Waals surface area contributed by atoms with Crippen LogP contribution in [0.3, 0.4) is 0 Å². The van der Waals surface area contributed by atoms with E-state index in [1.165, 1.54) is 0 Å². The van der Waals surface area contributed by atoms with E-state index in [4.69, 9.17) is 11.5 Å². The molecule has 4 nitrogen and oxygen atoms in total. The quantitative estimate of drug-likeness (QED) is 0.751. The van der Waals surface area contributed by atoms with E-state index in [1.54, 1.807) is 0 Å². The van der Waals surface area contributed by atoms with Gasteiger partial charge in [-0.3, -0.25) is 0 Å². The van der Waals surface area contributed by atoms with Gasteiger partial charge in [-0.15, -0.1) is 0 Å². The molecule has 0 aliphatic carbocycles. The summed E-state index contributed by atoms with van der Waals surface area (Å²) in [4.78, 5) is 8.06. The normalized spacial score (nSPS) is 10.7. The molecule has 0 atom stereocenters. The Labute approximate surface area is 89.5 Å².